The highest BCUT2D eigenvalue weighted by Gasteiger charge is 2.44. The summed E-state index contributed by atoms with van der Waals surface area (Å²) in [5.74, 6) is -1.54. The third kappa shape index (κ3) is 4.51. The molecule has 23 heavy (non-hydrogen) atoms. The lowest BCUT2D eigenvalue weighted by molar-refractivity contribution is -0.145. The Morgan fingerprint density at radius 2 is 1.87 bits per heavy atom. The summed E-state index contributed by atoms with van der Waals surface area (Å²) in [4.78, 5) is 11.9. The summed E-state index contributed by atoms with van der Waals surface area (Å²) in [5, 5.41) is 30.0. The van der Waals surface area contributed by atoms with Crippen molar-refractivity contribution in [1.82, 2.24) is 5.48 Å². The lowest BCUT2D eigenvalue weighted by Crippen LogP contribution is -2.49. The number of carbonyl (C=O) groups excluding carboxylic acids is 1. The van der Waals surface area contributed by atoms with Crippen molar-refractivity contribution in [2.75, 3.05) is 0 Å². The van der Waals surface area contributed by atoms with Crippen LogP contribution in [0.3, 0.4) is 0 Å². The molecule has 0 unspecified atom stereocenters. The van der Waals surface area contributed by atoms with Gasteiger partial charge in [0.25, 0.3) is 0 Å². The Hall–Kier alpha value is -1.47. The van der Waals surface area contributed by atoms with Gasteiger partial charge in [-0.2, -0.15) is 0 Å². The van der Waals surface area contributed by atoms with Crippen LogP contribution < -0.4 is 11.2 Å². The van der Waals surface area contributed by atoms with Crippen LogP contribution in [0.15, 0.2) is 30.3 Å². The maximum Gasteiger partial charge on any atom is 0.249 e. The highest BCUT2D eigenvalue weighted by atomic mass is 16.5. The van der Waals surface area contributed by atoms with Crippen molar-refractivity contribution in [3.8, 4) is 0 Å². The molecule has 1 aliphatic carbocycles. The van der Waals surface area contributed by atoms with E-state index in [2.05, 4.69) is 0 Å². The Labute approximate surface area is 136 Å². The van der Waals surface area contributed by atoms with Crippen molar-refractivity contribution in [2.24, 2.45) is 11.7 Å². The Morgan fingerprint density at radius 1 is 1.26 bits per heavy atom. The van der Waals surface area contributed by atoms with Gasteiger partial charge < -0.3 is 15.9 Å². The number of benzene rings is 1. The van der Waals surface area contributed by atoms with Crippen LogP contribution in [0.4, 0.5) is 0 Å². The standard InChI is InChI=1S/C17H26N2O4/c18-14(10-12-6-2-1-3-7-12)15(20)11-13(16(21)19-23)17(22)8-4-5-9-17/h1-3,6-7,13-15,20,22-23H,4-5,8-11,18H2,(H,19,21)/t13-,14+,15+/m1/s1. The number of aliphatic hydroxyl groups excluding tert-OH is 1. The molecule has 6 N–H and O–H groups in total. The maximum absolute atomic E-state index is 11.9. The van der Waals surface area contributed by atoms with Gasteiger partial charge in [0, 0.05) is 6.04 Å². The Kier molecular flexibility index (Phi) is 6.12. The fourth-order valence-corrected chi connectivity index (χ4v) is 3.42. The van der Waals surface area contributed by atoms with E-state index >= 15 is 0 Å². The summed E-state index contributed by atoms with van der Waals surface area (Å²) >= 11 is 0. The third-order valence-corrected chi connectivity index (χ3v) is 4.83. The molecule has 0 radical (unpaired) electrons. The van der Waals surface area contributed by atoms with Crippen molar-refractivity contribution in [3.05, 3.63) is 35.9 Å². The topological polar surface area (TPSA) is 116 Å². The molecule has 128 valence electrons. The van der Waals surface area contributed by atoms with E-state index in [-0.39, 0.29) is 6.42 Å². The number of hydrogen-bond acceptors (Lipinski definition) is 5. The van der Waals surface area contributed by atoms with Crippen molar-refractivity contribution in [1.29, 1.82) is 0 Å². The molecule has 0 heterocycles. The number of hydrogen-bond donors (Lipinski definition) is 5. The normalized spacial score (nSPS) is 20.7. The highest BCUT2D eigenvalue weighted by molar-refractivity contribution is 5.78. The number of amides is 1. The van der Waals surface area contributed by atoms with E-state index in [1.54, 1.807) is 5.48 Å². The quantitative estimate of drug-likeness (QED) is 0.375. The SMILES string of the molecule is N[C@@H](Cc1ccccc1)[C@@H](O)C[C@H](C(=O)NO)C1(O)CCCC1. The molecule has 1 saturated carbocycles. The first-order valence-electron chi connectivity index (χ1n) is 8.10. The first-order chi connectivity index (χ1) is 11.0. The minimum absolute atomic E-state index is 0.0247. The number of nitrogens with one attached hydrogen (secondary N) is 1. The fraction of sp³-hybridized carbons (Fsp3) is 0.588. The molecule has 6 nitrogen and oxygen atoms in total. The van der Waals surface area contributed by atoms with Crippen LogP contribution in [0.25, 0.3) is 0 Å². The van der Waals surface area contributed by atoms with Crippen LogP contribution in [-0.4, -0.2) is 39.1 Å². The van der Waals surface area contributed by atoms with Crippen LogP contribution in [0.2, 0.25) is 0 Å². The summed E-state index contributed by atoms with van der Waals surface area (Å²) in [6.45, 7) is 0. The first-order valence-corrected chi connectivity index (χ1v) is 8.10. The van der Waals surface area contributed by atoms with Gasteiger partial charge in [0.1, 0.15) is 0 Å². The summed E-state index contributed by atoms with van der Waals surface area (Å²) in [6, 6.07) is 9.01. The van der Waals surface area contributed by atoms with Gasteiger partial charge in [-0.15, -0.1) is 0 Å². The zero-order chi connectivity index (χ0) is 16.9. The predicted molar refractivity (Wildman–Crippen MR) is 85.6 cm³/mol. The number of hydroxylamine groups is 1. The molecule has 2 rings (SSSR count). The van der Waals surface area contributed by atoms with Gasteiger partial charge in [-0.25, -0.2) is 5.48 Å². The molecule has 1 aliphatic rings. The maximum atomic E-state index is 11.9. The van der Waals surface area contributed by atoms with Gasteiger partial charge in [0.15, 0.2) is 0 Å². The minimum atomic E-state index is -1.18. The van der Waals surface area contributed by atoms with E-state index in [1.807, 2.05) is 30.3 Å². The number of carbonyl (C=O) groups is 1. The molecule has 0 aromatic heterocycles. The Morgan fingerprint density at radius 3 is 2.43 bits per heavy atom. The van der Waals surface area contributed by atoms with E-state index in [0.717, 1.165) is 18.4 Å². The van der Waals surface area contributed by atoms with E-state index in [1.165, 1.54) is 0 Å². The number of nitrogens with two attached hydrogens (primary N) is 1. The predicted octanol–water partition coefficient (Wildman–Crippen LogP) is 0.734. The Balaban J connectivity index is 2.02. The average Bonchev–Trinajstić information content (AvgIpc) is 3.00. The number of aliphatic hydroxyl groups is 2. The molecule has 0 aliphatic heterocycles. The summed E-state index contributed by atoms with van der Waals surface area (Å²) in [5.41, 5.74) is 7.49. The molecular formula is C17H26N2O4. The zero-order valence-electron chi connectivity index (χ0n) is 13.2. The van der Waals surface area contributed by atoms with Gasteiger partial charge in [-0.1, -0.05) is 43.2 Å². The van der Waals surface area contributed by atoms with Crippen LogP contribution in [0.1, 0.15) is 37.7 Å². The van der Waals surface area contributed by atoms with Crippen molar-refractivity contribution >= 4 is 5.91 Å². The largest absolute Gasteiger partial charge is 0.391 e. The molecule has 0 saturated heterocycles. The monoisotopic (exact) mass is 322 g/mol. The smallest absolute Gasteiger partial charge is 0.249 e. The molecule has 1 aromatic rings. The summed E-state index contributed by atoms with van der Waals surface area (Å²) in [7, 11) is 0. The molecule has 1 fully saturated rings. The molecule has 1 aromatic carbocycles. The van der Waals surface area contributed by atoms with Crippen LogP contribution in [0, 0.1) is 5.92 Å². The lowest BCUT2D eigenvalue weighted by atomic mass is 9.80. The van der Waals surface area contributed by atoms with Gasteiger partial charge in [0.2, 0.25) is 5.91 Å². The van der Waals surface area contributed by atoms with Gasteiger partial charge in [-0.05, 0) is 31.2 Å². The lowest BCUT2D eigenvalue weighted by Gasteiger charge is -2.33. The molecule has 1 amide bonds. The second kappa shape index (κ2) is 7.88. The van der Waals surface area contributed by atoms with Crippen molar-refractivity contribution in [2.45, 2.75) is 56.3 Å². The molecular weight excluding hydrogens is 296 g/mol. The van der Waals surface area contributed by atoms with E-state index in [4.69, 9.17) is 10.9 Å². The van der Waals surface area contributed by atoms with E-state index in [0.29, 0.717) is 19.3 Å². The number of rotatable bonds is 7. The molecule has 0 bridgehead atoms. The van der Waals surface area contributed by atoms with E-state index < -0.39 is 29.6 Å². The fourth-order valence-electron chi connectivity index (χ4n) is 3.42. The zero-order valence-corrected chi connectivity index (χ0v) is 13.2. The highest BCUT2D eigenvalue weighted by Crippen LogP contribution is 2.38. The van der Waals surface area contributed by atoms with Gasteiger partial charge in [-0.3, -0.25) is 10.0 Å². The molecule has 6 heteroatoms. The van der Waals surface area contributed by atoms with Crippen molar-refractivity contribution in [3.63, 3.8) is 0 Å². The Bertz CT molecular complexity index is 503. The minimum Gasteiger partial charge on any atom is -0.391 e. The average molecular weight is 322 g/mol. The third-order valence-electron chi connectivity index (χ3n) is 4.83. The summed E-state index contributed by atoms with van der Waals surface area (Å²) in [6.07, 6.45) is 2.21. The van der Waals surface area contributed by atoms with E-state index in [9.17, 15) is 15.0 Å². The van der Waals surface area contributed by atoms with Gasteiger partial charge in [0.05, 0.1) is 17.6 Å². The first kappa shape index (κ1) is 17.9. The second-order valence-corrected chi connectivity index (χ2v) is 6.50. The van der Waals surface area contributed by atoms with Crippen LogP contribution in [-0.2, 0) is 11.2 Å². The van der Waals surface area contributed by atoms with Crippen molar-refractivity contribution < 1.29 is 20.2 Å². The van der Waals surface area contributed by atoms with Crippen LogP contribution >= 0.6 is 0 Å². The second-order valence-electron chi connectivity index (χ2n) is 6.50. The molecule has 3 atom stereocenters. The van der Waals surface area contributed by atoms with Gasteiger partial charge >= 0.3 is 0 Å². The van der Waals surface area contributed by atoms with Crippen LogP contribution in [0.5, 0.6) is 0 Å². The summed E-state index contributed by atoms with van der Waals surface area (Å²) < 4.78 is 0. The molecule has 0 spiro atoms.